The highest BCUT2D eigenvalue weighted by molar-refractivity contribution is 6.34. The number of carbonyl (C=O) groups excluding carboxylic acids is 1. The van der Waals surface area contributed by atoms with E-state index in [0.717, 1.165) is 0 Å². The predicted molar refractivity (Wildman–Crippen MR) is 62.3 cm³/mol. The number of amides is 1. The second-order valence-electron chi connectivity index (χ2n) is 3.18. The van der Waals surface area contributed by atoms with E-state index in [-0.39, 0.29) is 29.1 Å². The molecule has 1 unspecified atom stereocenters. The normalized spacial score (nSPS) is 12.2. The molecule has 0 aliphatic rings. The molecular formula is C9H11Cl2N3O3. The molecule has 17 heavy (non-hydrogen) atoms. The van der Waals surface area contributed by atoms with Crippen molar-refractivity contribution >= 4 is 29.1 Å². The lowest BCUT2D eigenvalue weighted by atomic mass is 10.2. The molecule has 1 rings (SSSR count). The van der Waals surface area contributed by atoms with Gasteiger partial charge in [0, 0.05) is 7.11 Å². The Balaban J connectivity index is 2.78. The first-order chi connectivity index (χ1) is 8.08. The number of aliphatic hydroxyl groups is 1. The number of aliphatic hydroxyl groups excluding tert-OH is 1. The highest BCUT2D eigenvalue weighted by atomic mass is 35.5. The van der Waals surface area contributed by atoms with Crippen molar-refractivity contribution in [1.29, 1.82) is 0 Å². The summed E-state index contributed by atoms with van der Waals surface area (Å²) in [6, 6.07) is 0.781. The maximum Gasteiger partial charge on any atom is 0.254 e. The van der Waals surface area contributed by atoms with Crippen LogP contribution < -0.4 is 5.32 Å². The summed E-state index contributed by atoms with van der Waals surface area (Å²) in [6.07, 6.45) is 0. The zero-order valence-electron chi connectivity index (χ0n) is 8.98. The zero-order valence-corrected chi connectivity index (χ0v) is 10.5. The molecule has 1 heterocycles. The number of nitrogens with zero attached hydrogens (tertiary/aromatic N) is 2. The minimum atomic E-state index is -0.518. The summed E-state index contributed by atoms with van der Waals surface area (Å²) in [5, 5.41) is 18.5. The van der Waals surface area contributed by atoms with Crippen LogP contribution >= 0.6 is 23.2 Å². The average molecular weight is 280 g/mol. The van der Waals surface area contributed by atoms with Crippen LogP contribution in [0.5, 0.6) is 0 Å². The van der Waals surface area contributed by atoms with Crippen LogP contribution in [0, 0.1) is 0 Å². The zero-order chi connectivity index (χ0) is 12.8. The molecular weight excluding hydrogens is 269 g/mol. The molecule has 1 amide bonds. The van der Waals surface area contributed by atoms with Crippen molar-refractivity contribution in [2.45, 2.75) is 6.04 Å². The summed E-state index contributed by atoms with van der Waals surface area (Å²) in [4.78, 5) is 11.8. The summed E-state index contributed by atoms with van der Waals surface area (Å²) < 4.78 is 4.82. The van der Waals surface area contributed by atoms with E-state index < -0.39 is 11.9 Å². The SMILES string of the molecule is COCC(CO)NC(=O)c1cc(Cl)nnc1Cl. The Morgan fingerprint density at radius 2 is 2.29 bits per heavy atom. The summed E-state index contributed by atoms with van der Waals surface area (Å²) >= 11 is 11.3. The number of hydrogen-bond donors (Lipinski definition) is 2. The fourth-order valence-electron chi connectivity index (χ4n) is 1.12. The molecule has 6 nitrogen and oxygen atoms in total. The number of carbonyl (C=O) groups is 1. The highest BCUT2D eigenvalue weighted by Gasteiger charge is 2.17. The Hall–Kier alpha value is -0.950. The van der Waals surface area contributed by atoms with Gasteiger partial charge < -0.3 is 15.2 Å². The molecule has 0 spiro atoms. The van der Waals surface area contributed by atoms with Crippen LogP contribution in [0.25, 0.3) is 0 Å². The van der Waals surface area contributed by atoms with E-state index in [9.17, 15) is 4.79 Å². The molecule has 1 aromatic heterocycles. The molecule has 8 heteroatoms. The lowest BCUT2D eigenvalue weighted by molar-refractivity contribution is 0.0839. The fraction of sp³-hybridized carbons (Fsp3) is 0.444. The number of hydrogen-bond acceptors (Lipinski definition) is 5. The van der Waals surface area contributed by atoms with Gasteiger partial charge in [-0.3, -0.25) is 4.79 Å². The third kappa shape index (κ3) is 4.08. The molecule has 94 valence electrons. The van der Waals surface area contributed by atoms with Gasteiger partial charge >= 0.3 is 0 Å². The summed E-state index contributed by atoms with van der Waals surface area (Å²) in [5.41, 5.74) is 0.0984. The van der Waals surface area contributed by atoms with Gasteiger partial charge in [-0.05, 0) is 6.07 Å². The van der Waals surface area contributed by atoms with Gasteiger partial charge in [0.2, 0.25) is 0 Å². The molecule has 0 aliphatic carbocycles. The number of methoxy groups -OCH3 is 1. The Morgan fingerprint density at radius 1 is 1.59 bits per heavy atom. The van der Waals surface area contributed by atoms with Gasteiger partial charge in [-0.2, -0.15) is 0 Å². The summed E-state index contributed by atoms with van der Waals surface area (Å²) in [6.45, 7) is -0.0600. The molecule has 0 aromatic carbocycles. The first kappa shape index (κ1) is 14.1. The molecule has 0 aliphatic heterocycles. The van der Waals surface area contributed by atoms with E-state index in [1.165, 1.54) is 13.2 Å². The third-order valence-electron chi connectivity index (χ3n) is 1.89. The second-order valence-corrected chi connectivity index (χ2v) is 3.93. The smallest absolute Gasteiger partial charge is 0.254 e. The van der Waals surface area contributed by atoms with Crippen LogP contribution in [0.3, 0.4) is 0 Å². The van der Waals surface area contributed by atoms with Gasteiger partial charge in [0.1, 0.15) is 0 Å². The molecule has 0 fully saturated rings. The van der Waals surface area contributed by atoms with Crippen LogP contribution in [-0.2, 0) is 4.74 Å². The van der Waals surface area contributed by atoms with Crippen LogP contribution in [0.1, 0.15) is 10.4 Å². The van der Waals surface area contributed by atoms with E-state index in [0.29, 0.717) is 0 Å². The largest absolute Gasteiger partial charge is 0.394 e. The molecule has 1 atom stereocenters. The standard InChI is InChI=1S/C9H11Cl2N3O3/c1-17-4-5(3-15)12-9(16)6-2-7(10)13-14-8(6)11/h2,5,15H,3-4H2,1H3,(H,12,16). The number of halogens is 2. The number of ether oxygens (including phenoxy) is 1. The first-order valence-corrected chi connectivity index (χ1v) is 5.43. The van der Waals surface area contributed by atoms with E-state index in [2.05, 4.69) is 15.5 Å². The molecule has 0 bridgehead atoms. The summed E-state index contributed by atoms with van der Waals surface area (Å²) in [5.74, 6) is -0.497. The number of aromatic nitrogens is 2. The second kappa shape index (κ2) is 6.70. The molecule has 0 saturated carbocycles. The lowest BCUT2D eigenvalue weighted by Gasteiger charge is -2.15. The Morgan fingerprint density at radius 3 is 2.88 bits per heavy atom. The van der Waals surface area contributed by atoms with Gasteiger partial charge in [0.15, 0.2) is 10.3 Å². The number of rotatable bonds is 5. The van der Waals surface area contributed by atoms with Crippen molar-refractivity contribution in [2.24, 2.45) is 0 Å². The van der Waals surface area contributed by atoms with Gasteiger partial charge in [-0.25, -0.2) is 0 Å². The van der Waals surface area contributed by atoms with Crippen molar-refractivity contribution in [3.05, 3.63) is 21.9 Å². The van der Waals surface area contributed by atoms with Crippen LogP contribution in [0.2, 0.25) is 10.3 Å². The Kier molecular flexibility index (Phi) is 5.57. The molecule has 1 aromatic rings. The highest BCUT2D eigenvalue weighted by Crippen LogP contribution is 2.15. The van der Waals surface area contributed by atoms with E-state index in [4.69, 9.17) is 33.0 Å². The Bertz CT molecular complexity index is 403. The maximum atomic E-state index is 11.8. The maximum absolute atomic E-state index is 11.8. The first-order valence-electron chi connectivity index (χ1n) is 4.67. The van der Waals surface area contributed by atoms with E-state index >= 15 is 0 Å². The van der Waals surface area contributed by atoms with Gasteiger partial charge in [-0.15, -0.1) is 10.2 Å². The third-order valence-corrected chi connectivity index (χ3v) is 2.35. The van der Waals surface area contributed by atoms with Crippen molar-refractivity contribution in [2.75, 3.05) is 20.3 Å². The van der Waals surface area contributed by atoms with Gasteiger partial charge in [-0.1, -0.05) is 23.2 Å². The molecule has 2 N–H and O–H groups in total. The minimum absolute atomic E-state index is 0.0546. The predicted octanol–water partition coefficient (Wildman–Crippen LogP) is 0.520. The van der Waals surface area contributed by atoms with E-state index in [1.54, 1.807) is 0 Å². The quantitative estimate of drug-likeness (QED) is 0.821. The Labute approximate surface area is 108 Å². The topological polar surface area (TPSA) is 84.3 Å². The van der Waals surface area contributed by atoms with Crippen LogP contribution in [-0.4, -0.2) is 47.6 Å². The van der Waals surface area contributed by atoms with Crippen molar-refractivity contribution < 1.29 is 14.6 Å². The van der Waals surface area contributed by atoms with Crippen LogP contribution in [0.4, 0.5) is 0 Å². The fourth-order valence-corrected chi connectivity index (χ4v) is 1.44. The van der Waals surface area contributed by atoms with Crippen molar-refractivity contribution in [3.63, 3.8) is 0 Å². The summed E-state index contributed by atoms with van der Waals surface area (Å²) in [7, 11) is 1.46. The molecule has 0 radical (unpaired) electrons. The van der Waals surface area contributed by atoms with Crippen molar-refractivity contribution in [1.82, 2.24) is 15.5 Å². The monoisotopic (exact) mass is 279 g/mol. The lowest BCUT2D eigenvalue weighted by Crippen LogP contribution is -2.40. The average Bonchev–Trinajstić information content (AvgIpc) is 2.31. The van der Waals surface area contributed by atoms with Crippen molar-refractivity contribution in [3.8, 4) is 0 Å². The molecule has 0 saturated heterocycles. The van der Waals surface area contributed by atoms with Gasteiger partial charge in [0.05, 0.1) is 24.8 Å². The van der Waals surface area contributed by atoms with E-state index in [1.807, 2.05) is 0 Å². The minimum Gasteiger partial charge on any atom is -0.394 e. The van der Waals surface area contributed by atoms with Crippen LogP contribution in [0.15, 0.2) is 6.07 Å². The number of nitrogens with one attached hydrogen (secondary N) is 1. The van der Waals surface area contributed by atoms with Gasteiger partial charge in [0.25, 0.3) is 5.91 Å².